The zero-order chi connectivity index (χ0) is 14.4. The molecule has 0 unspecified atom stereocenters. The monoisotopic (exact) mass is 291 g/mol. The van der Waals surface area contributed by atoms with Gasteiger partial charge < -0.3 is 14.2 Å². The van der Waals surface area contributed by atoms with Crippen molar-refractivity contribution in [3.63, 3.8) is 0 Å². The molecule has 0 N–H and O–H groups in total. The van der Waals surface area contributed by atoms with Crippen LogP contribution >= 0.6 is 0 Å². The summed E-state index contributed by atoms with van der Waals surface area (Å²) in [7, 11) is 0. The van der Waals surface area contributed by atoms with Crippen molar-refractivity contribution in [1.29, 1.82) is 0 Å². The maximum Gasteiger partial charge on any atom is 0.229 e. The van der Waals surface area contributed by atoms with Crippen molar-refractivity contribution in [1.82, 2.24) is 15.0 Å². The molecule has 114 valence electrons. The van der Waals surface area contributed by atoms with E-state index >= 15 is 0 Å². The maximum absolute atomic E-state index is 12.6. The van der Waals surface area contributed by atoms with E-state index in [-0.39, 0.29) is 24.0 Å². The van der Waals surface area contributed by atoms with Gasteiger partial charge in [-0.2, -0.15) is 4.98 Å². The van der Waals surface area contributed by atoms with E-state index in [9.17, 15) is 4.79 Å². The Kier molecular flexibility index (Phi) is 3.21. The van der Waals surface area contributed by atoms with E-state index in [0.29, 0.717) is 18.3 Å². The van der Waals surface area contributed by atoms with Crippen molar-refractivity contribution in [2.45, 2.75) is 57.1 Å². The van der Waals surface area contributed by atoms with Crippen molar-refractivity contribution in [2.75, 3.05) is 13.2 Å². The van der Waals surface area contributed by atoms with Crippen LogP contribution in [0.1, 0.15) is 62.7 Å². The minimum atomic E-state index is -0.00312. The summed E-state index contributed by atoms with van der Waals surface area (Å²) in [6, 6.07) is -0.00312. The Morgan fingerprint density at radius 3 is 3.05 bits per heavy atom. The lowest BCUT2D eigenvalue weighted by atomic mass is 10.2. The minimum absolute atomic E-state index is 0.00312. The molecule has 6 heteroatoms. The molecule has 2 aliphatic carbocycles. The molecule has 1 aromatic rings. The van der Waals surface area contributed by atoms with Gasteiger partial charge in [0.15, 0.2) is 5.82 Å². The molecule has 2 saturated carbocycles. The smallest absolute Gasteiger partial charge is 0.229 e. The normalized spacial score (nSPS) is 31.7. The predicted octanol–water partition coefficient (Wildman–Crippen LogP) is 2.04. The number of ether oxygens (including phenoxy) is 1. The van der Waals surface area contributed by atoms with E-state index < -0.39 is 0 Å². The molecule has 0 aromatic carbocycles. The van der Waals surface area contributed by atoms with Crippen LogP contribution in [-0.2, 0) is 9.53 Å². The molecule has 21 heavy (non-hydrogen) atoms. The summed E-state index contributed by atoms with van der Waals surface area (Å²) in [5.74, 6) is 2.15. The van der Waals surface area contributed by atoms with Gasteiger partial charge in [-0.05, 0) is 39.0 Å². The number of carbonyl (C=O) groups excluding carboxylic acids is 1. The third kappa shape index (κ3) is 2.46. The van der Waals surface area contributed by atoms with E-state index in [1.165, 1.54) is 0 Å². The van der Waals surface area contributed by atoms with Crippen LogP contribution in [0.3, 0.4) is 0 Å². The van der Waals surface area contributed by atoms with Gasteiger partial charge in [0.05, 0.1) is 18.1 Å². The van der Waals surface area contributed by atoms with Crippen molar-refractivity contribution >= 4 is 5.91 Å². The van der Waals surface area contributed by atoms with Crippen LogP contribution in [0, 0.1) is 5.92 Å². The van der Waals surface area contributed by atoms with Crippen molar-refractivity contribution in [3.05, 3.63) is 11.7 Å². The highest BCUT2D eigenvalue weighted by atomic mass is 16.5. The molecular weight excluding hydrogens is 270 g/mol. The number of nitrogens with zero attached hydrogens (tertiary/aromatic N) is 3. The summed E-state index contributed by atoms with van der Waals surface area (Å²) in [4.78, 5) is 19.0. The molecule has 1 amide bonds. The zero-order valence-electron chi connectivity index (χ0n) is 12.3. The van der Waals surface area contributed by atoms with Gasteiger partial charge in [-0.15, -0.1) is 0 Å². The van der Waals surface area contributed by atoms with E-state index in [2.05, 4.69) is 10.1 Å². The molecule has 2 heterocycles. The number of hydrogen-bond donors (Lipinski definition) is 0. The first kappa shape index (κ1) is 13.2. The molecule has 1 aliphatic heterocycles. The summed E-state index contributed by atoms with van der Waals surface area (Å²) in [6.07, 6.45) is 5.21. The Morgan fingerprint density at radius 1 is 1.43 bits per heavy atom. The Morgan fingerprint density at radius 2 is 2.29 bits per heavy atom. The first-order chi connectivity index (χ1) is 10.3. The summed E-state index contributed by atoms with van der Waals surface area (Å²) in [5.41, 5.74) is 0. The Hall–Kier alpha value is -1.43. The topological polar surface area (TPSA) is 68.5 Å². The second-order valence-corrected chi connectivity index (χ2v) is 6.29. The molecule has 3 fully saturated rings. The van der Waals surface area contributed by atoms with Gasteiger partial charge in [-0.25, -0.2) is 0 Å². The third-order valence-electron chi connectivity index (χ3n) is 4.65. The number of rotatable bonds is 5. The fourth-order valence-corrected chi connectivity index (χ4v) is 3.22. The van der Waals surface area contributed by atoms with Crippen molar-refractivity contribution < 1.29 is 14.1 Å². The Labute approximate surface area is 123 Å². The van der Waals surface area contributed by atoms with Crippen LogP contribution in [-0.4, -0.2) is 40.2 Å². The van der Waals surface area contributed by atoms with Crippen LogP contribution in [0.4, 0.5) is 0 Å². The van der Waals surface area contributed by atoms with Gasteiger partial charge in [-0.3, -0.25) is 4.79 Å². The highest BCUT2D eigenvalue weighted by molar-refractivity contribution is 5.82. The van der Waals surface area contributed by atoms with Gasteiger partial charge in [0.2, 0.25) is 11.8 Å². The highest BCUT2D eigenvalue weighted by Gasteiger charge is 2.48. The first-order valence-electron chi connectivity index (χ1n) is 8.03. The molecule has 4 rings (SSSR count). The zero-order valence-corrected chi connectivity index (χ0v) is 12.3. The van der Waals surface area contributed by atoms with Gasteiger partial charge in [-0.1, -0.05) is 5.16 Å². The predicted molar refractivity (Wildman–Crippen MR) is 73.5 cm³/mol. The molecule has 0 spiro atoms. The van der Waals surface area contributed by atoms with Gasteiger partial charge in [0, 0.05) is 19.1 Å². The average Bonchev–Trinajstić information content (AvgIpc) is 3.36. The minimum Gasteiger partial charge on any atom is -0.378 e. The quantitative estimate of drug-likeness (QED) is 0.830. The van der Waals surface area contributed by atoms with Crippen LogP contribution in [0.5, 0.6) is 0 Å². The molecule has 1 aromatic heterocycles. The lowest BCUT2D eigenvalue weighted by Crippen LogP contribution is -2.33. The van der Waals surface area contributed by atoms with Gasteiger partial charge in [0.25, 0.3) is 0 Å². The number of hydrogen-bond acceptors (Lipinski definition) is 5. The molecule has 3 aliphatic rings. The van der Waals surface area contributed by atoms with Crippen LogP contribution < -0.4 is 0 Å². The second-order valence-electron chi connectivity index (χ2n) is 6.29. The van der Waals surface area contributed by atoms with Crippen LogP contribution in [0.15, 0.2) is 4.52 Å². The number of aromatic nitrogens is 2. The number of amides is 1. The largest absolute Gasteiger partial charge is 0.378 e. The first-order valence-corrected chi connectivity index (χ1v) is 8.03. The molecule has 3 atom stereocenters. The summed E-state index contributed by atoms with van der Waals surface area (Å²) in [6.45, 7) is 3.44. The van der Waals surface area contributed by atoms with Gasteiger partial charge in [0.1, 0.15) is 0 Å². The molecule has 6 nitrogen and oxygen atoms in total. The fourth-order valence-electron chi connectivity index (χ4n) is 3.22. The third-order valence-corrected chi connectivity index (χ3v) is 4.65. The van der Waals surface area contributed by atoms with Crippen LogP contribution in [0.25, 0.3) is 0 Å². The molecule has 0 bridgehead atoms. The van der Waals surface area contributed by atoms with Crippen molar-refractivity contribution in [3.8, 4) is 0 Å². The standard InChI is InChI=1S/C15H21N3O3/c1-2-20-12-8-10(12)15(19)18-7-3-4-11(18)13-16-14(21-17-13)9-5-6-9/h9-12H,2-8H2,1H3/t10-,11-,12+/m0/s1. The molecule has 0 radical (unpaired) electrons. The average molecular weight is 291 g/mol. The van der Waals surface area contributed by atoms with E-state index in [1.54, 1.807) is 0 Å². The number of carbonyl (C=O) groups is 1. The molecular formula is C15H21N3O3. The summed E-state index contributed by atoms with van der Waals surface area (Å²) in [5, 5.41) is 4.12. The van der Waals surface area contributed by atoms with Gasteiger partial charge >= 0.3 is 0 Å². The lowest BCUT2D eigenvalue weighted by molar-refractivity contribution is -0.134. The SMILES string of the molecule is CCO[C@@H]1C[C@@H]1C(=O)N1CCC[C@H]1c1noc(C2CC2)n1. The highest BCUT2D eigenvalue weighted by Crippen LogP contribution is 2.42. The van der Waals surface area contributed by atoms with E-state index in [1.807, 2.05) is 11.8 Å². The summed E-state index contributed by atoms with van der Waals surface area (Å²) >= 11 is 0. The van der Waals surface area contributed by atoms with Crippen molar-refractivity contribution in [2.24, 2.45) is 5.92 Å². The number of likely N-dealkylation sites (tertiary alicyclic amines) is 1. The maximum atomic E-state index is 12.6. The fraction of sp³-hybridized carbons (Fsp3) is 0.800. The second kappa shape index (κ2) is 5.09. The molecule has 1 saturated heterocycles. The Bertz CT molecular complexity index is 540. The summed E-state index contributed by atoms with van der Waals surface area (Å²) < 4.78 is 10.9. The van der Waals surface area contributed by atoms with E-state index in [0.717, 1.165) is 44.5 Å². The lowest BCUT2D eigenvalue weighted by Gasteiger charge is -2.22. The Balaban J connectivity index is 1.45. The van der Waals surface area contributed by atoms with E-state index in [4.69, 9.17) is 9.26 Å². The van der Waals surface area contributed by atoms with Crippen LogP contribution in [0.2, 0.25) is 0 Å².